The molecule has 0 radical (unpaired) electrons. The van der Waals surface area contributed by atoms with Crippen LogP contribution in [-0.4, -0.2) is 62.8 Å². The lowest BCUT2D eigenvalue weighted by Gasteiger charge is -2.32. The second kappa shape index (κ2) is 7.07. The van der Waals surface area contributed by atoms with E-state index in [1.54, 1.807) is 0 Å². The van der Waals surface area contributed by atoms with Crippen LogP contribution in [-0.2, 0) is 9.53 Å². The van der Waals surface area contributed by atoms with Crippen molar-refractivity contribution in [3.63, 3.8) is 0 Å². The maximum atomic E-state index is 12.0. The third kappa shape index (κ3) is 3.93. The number of piperazine rings is 1. The van der Waals surface area contributed by atoms with Gasteiger partial charge in [-0.3, -0.25) is 9.69 Å². The summed E-state index contributed by atoms with van der Waals surface area (Å²) in [6.45, 7) is 4.27. The molecule has 0 aromatic heterocycles. The van der Waals surface area contributed by atoms with Gasteiger partial charge in [0.15, 0.2) is 0 Å². The smallest absolute Gasteiger partial charge is 0.238 e. The van der Waals surface area contributed by atoms with Gasteiger partial charge < -0.3 is 15.4 Å². The zero-order valence-corrected chi connectivity index (χ0v) is 11.3. The molecule has 5 nitrogen and oxygen atoms in total. The van der Waals surface area contributed by atoms with Gasteiger partial charge in [-0.2, -0.15) is 0 Å². The zero-order chi connectivity index (χ0) is 12.8. The minimum Gasteiger partial charge on any atom is -0.378 e. The highest BCUT2D eigenvalue weighted by Gasteiger charge is 2.25. The lowest BCUT2D eigenvalue weighted by molar-refractivity contribution is -0.126. The lowest BCUT2D eigenvalue weighted by atomic mass is 10.1. The molecule has 0 aromatic carbocycles. The van der Waals surface area contributed by atoms with E-state index in [1.807, 2.05) is 7.05 Å². The predicted molar refractivity (Wildman–Crippen MR) is 70.5 cm³/mol. The zero-order valence-electron chi connectivity index (χ0n) is 11.3. The molecule has 2 saturated heterocycles. The third-order valence-electron chi connectivity index (χ3n) is 3.85. The highest BCUT2D eigenvalue weighted by Crippen LogP contribution is 2.14. The van der Waals surface area contributed by atoms with E-state index >= 15 is 0 Å². The number of rotatable bonds is 4. The van der Waals surface area contributed by atoms with Crippen molar-refractivity contribution in [2.45, 2.75) is 37.8 Å². The maximum Gasteiger partial charge on any atom is 0.238 e. The number of nitrogens with zero attached hydrogens (tertiary/aromatic N) is 1. The van der Waals surface area contributed by atoms with Gasteiger partial charge in [-0.1, -0.05) is 0 Å². The molecule has 0 saturated carbocycles. The number of nitrogens with one attached hydrogen (secondary N) is 2. The Labute approximate surface area is 109 Å². The SMILES string of the molecule is CN1CCNCC1C(=O)NCCC1CCCCO1. The first-order valence-electron chi connectivity index (χ1n) is 7.07. The number of ether oxygens (including phenoxy) is 1. The standard InChI is InChI=1S/C13H25N3O2/c1-16-8-7-14-10-12(16)13(17)15-6-5-11-4-2-3-9-18-11/h11-12,14H,2-10H2,1H3,(H,15,17). The van der Waals surface area contributed by atoms with Gasteiger partial charge in [0.25, 0.3) is 0 Å². The van der Waals surface area contributed by atoms with Crippen molar-refractivity contribution in [1.82, 2.24) is 15.5 Å². The average Bonchev–Trinajstić information content (AvgIpc) is 2.40. The van der Waals surface area contributed by atoms with E-state index in [0.717, 1.165) is 45.6 Å². The molecule has 0 aliphatic carbocycles. The Morgan fingerprint density at radius 3 is 3.11 bits per heavy atom. The summed E-state index contributed by atoms with van der Waals surface area (Å²) in [7, 11) is 2.01. The number of amides is 1. The molecule has 2 aliphatic rings. The van der Waals surface area contributed by atoms with Crippen LogP contribution in [0.4, 0.5) is 0 Å². The summed E-state index contributed by atoms with van der Waals surface area (Å²) in [6.07, 6.45) is 4.87. The fourth-order valence-corrected chi connectivity index (χ4v) is 2.61. The molecule has 1 amide bonds. The van der Waals surface area contributed by atoms with Gasteiger partial charge >= 0.3 is 0 Å². The molecule has 2 aliphatic heterocycles. The summed E-state index contributed by atoms with van der Waals surface area (Å²) in [6, 6.07) is -0.0222. The van der Waals surface area contributed by atoms with Gasteiger partial charge in [0.05, 0.1) is 6.10 Å². The molecule has 5 heteroatoms. The Kier molecular flexibility index (Phi) is 5.41. The van der Waals surface area contributed by atoms with E-state index in [1.165, 1.54) is 12.8 Å². The van der Waals surface area contributed by atoms with Crippen molar-refractivity contribution in [2.24, 2.45) is 0 Å². The first-order chi connectivity index (χ1) is 8.77. The largest absolute Gasteiger partial charge is 0.378 e. The Hall–Kier alpha value is -0.650. The fraction of sp³-hybridized carbons (Fsp3) is 0.923. The number of likely N-dealkylation sites (N-methyl/N-ethyl adjacent to an activating group) is 1. The first-order valence-corrected chi connectivity index (χ1v) is 7.07. The fourth-order valence-electron chi connectivity index (χ4n) is 2.61. The van der Waals surface area contributed by atoms with Crippen LogP contribution < -0.4 is 10.6 Å². The van der Waals surface area contributed by atoms with Crippen molar-refractivity contribution in [3.05, 3.63) is 0 Å². The molecular formula is C13H25N3O2. The normalized spacial score (nSPS) is 30.1. The van der Waals surface area contributed by atoms with Gasteiger partial charge in [-0.05, 0) is 32.7 Å². The van der Waals surface area contributed by atoms with Gasteiger partial charge in [-0.15, -0.1) is 0 Å². The van der Waals surface area contributed by atoms with Gasteiger partial charge in [0.1, 0.15) is 6.04 Å². The van der Waals surface area contributed by atoms with E-state index in [0.29, 0.717) is 6.10 Å². The van der Waals surface area contributed by atoms with Crippen molar-refractivity contribution in [1.29, 1.82) is 0 Å². The number of hydrogen-bond acceptors (Lipinski definition) is 4. The second-order valence-electron chi connectivity index (χ2n) is 5.27. The topological polar surface area (TPSA) is 53.6 Å². The summed E-state index contributed by atoms with van der Waals surface area (Å²) in [5.41, 5.74) is 0. The van der Waals surface area contributed by atoms with E-state index < -0.39 is 0 Å². The minimum absolute atomic E-state index is 0.0222. The van der Waals surface area contributed by atoms with Crippen LogP contribution in [0.3, 0.4) is 0 Å². The highest BCUT2D eigenvalue weighted by molar-refractivity contribution is 5.82. The number of carbonyl (C=O) groups is 1. The van der Waals surface area contributed by atoms with Crippen molar-refractivity contribution in [2.75, 3.05) is 39.8 Å². The summed E-state index contributed by atoms with van der Waals surface area (Å²) in [5, 5.41) is 6.29. The van der Waals surface area contributed by atoms with Crippen LogP contribution in [0, 0.1) is 0 Å². The van der Waals surface area contributed by atoms with Crippen LogP contribution >= 0.6 is 0 Å². The molecule has 2 atom stereocenters. The molecule has 18 heavy (non-hydrogen) atoms. The van der Waals surface area contributed by atoms with E-state index in [9.17, 15) is 4.79 Å². The van der Waals surface area contributed by atoms with Crippen LogP contribution in [0.25, 0.3) is 0 Å². The molecule has 0 spiro atoms. The first kappa shape index (κ1) is 13.8. The molecule has 0 aromatic rings. The average molecular weight is 255 g/mol. The summed E-state index contributed by atoms with van der Waals surface area (Å²) in [4.78, 5) is 14.1. The predicted octanol–water partition coefficient (Wildman–Crippen LogP) is -0.0346. The van der Waals surface area contributed by atoms with Crippen molar-refractivity contribution in [3.8, 4) is 0 Å². The van der Waals surface area contributed by atoms with Crippen LogP contribution in [0.2, 0.25) is 0 Å². The third-order valence-corrected chi connectivity index (χ3v) is 3.85. The molecule has 2 N–H and O–H groups in total. The molecular weight excluding hydrogens is 230 g/mol. The van der Waals surface area contributed by atoms with Gasteiger partial charge in [0.2, 0.25) is 5.91 Å². The van der Waals surface area contributed by atoms with Crippen LogP contribution in [0.15, 0.2) is 0 Å². The minimum atomic E-state index is -0.0222. The molecule has 2 unspecified atom stereocenters. The molecule has 104 valence electrons. The summed E-state index contributed by atoms with van der Waals surface area (Å²) in [5.74, 6) is 0.139. The molecule has 2 rings (SSSR count). The molecule has 2 fully saturated rings. The Morgan fingerprint density at radius 1 is 1.50 bits per heavy atom. The van der Waals surface area contributed by atoms with Crippen LogP contribution in [0.5, 0.6) is 0 Å². The Bertz CT molecular complexity index is 267. The molecule has 0 bridgehead atoms. The Balaban J connectivity index is 1.64. The van der Waals surface area contributed by atoms with Crippen molar-refractivity contribution < 1.29 is 9.53 Å². The lowest BCUT2D eigenvalue weighted by Crippen LogP contribution is -2.56. The summed E-state index contributed by atoms with van der Waals surface area (Å²) < 4.78 is 5.65. The quantitative estimate of drug-likeness (QED) is 0.740. The van der Waals surface area contributed by atoms with E-state index in [2.05, 4.69) is 15.5 Å². The summed E-state index contributed by atoms with van der Waals surface area (Å²) >= 11 is 0. The van der Waals surface area contributed by atoms with Gasteiger partial charge in [-0.25, -0.2) is 0 Å². The highest BCUT2D eigenvalue weighted by atomic mass is 16.5. The monoisotopic (exact) mass is 255 g/mol. The Morgan fingerprint density at radius 2 is 2.39 bits per heavy atom. The van der Waals surface area contributed by atoms with Crippen LogP contribution in [0.1, 0.15) is 25.7 Å². The van der Waals surface area contributed by atoms with Crippen molar-refractivity contribution >= 4 is 5.91 Å². The second-order valence-corrected chi connectivity index (χ2v) is 5.27. The van der Waals surface area contributed by atoms with Gasteiger partial charge in [0, 0.05) is 32.8 Å². The van der Waals surface area contributed by atoms with E-state index in [4.69, 9.17) is 4.74 Å². The number of hydrogen-bond donors (Lipinski definition) is 2. The molecule has 2 heterocycles. The maximum absolute atomic E-state index is 12.0. The van der Waals surface area contributed by atoms with E-state index in [-0.39, 0.29) is 11.9 Å². The number of carbonyl (C=O) groups excluding carboxylic acids is 1.